The minimum Gasteiger partial charge on any atom is -0.396 e. The Morgan fingerprint density at radius 3 is 3.06 bits per heavy atom. The van der Waals surface area contributed by atoms with Crippen LogP contribution < -0.4 is 0 Å². The van der Waals surface area contributed by atoms with E-state index in [0.717, 1.165) is 26.1 Å². The first-order valence-electron chi connectivity index (χ1n) is 6.23. The third-order valence-electron chi connectivity index (χ3n) is 3.71. The van der Waals surface area contributed by atoms with Crippen molar-refractivity contribution in [3.8, 4) is 0 Å². The van der Waals surface area contributed by atoms with Gasteiger partial charge in [-0.3, -0.25) is 5.01 Å². The molecule has 1 fully saturated rings. The second kappa shape index (κ2) is 5.15. The normalized spacial score (nSPS) is 35.0. The average Bonchev–Trinajstić information content (AvgIpc) is 2.77. The monoisotopic (exact) mass is 226 g/mol. The minimum atomic E-state index is 0.274. The molecular formula is C12H22N2O2. The number of hydrogen-bond acceptors (Lipinski definition) is 4. The summed E-state index contributed by atoms with van der Waals surface area (Å²) in [5, 5.41) is 16.0. The molecule has 4 heteroatoms. The van der Waals surface area contributed by atoms with Crippen molar-refractivity contribution in [3.05, 3.63) is 0 Å². The van der Waals surface area contributed by atoms with E-state index >= 15 is 0 Å². The van der Waals surface area contributed by atoms with E-state index in [1.807, 2.05) is 6.21 Å². The summed E-state index contributed by atoms with van der Waals surface area (Å²) in [5.74, 6) is 0.797. The summed E-state index contributed by atoms with van der Waals surface area (Å²) in [5.41, 5.74) is 0. The molecular weight excluding hydrogens is 204 g/mol. The topological polar surface area (TPSA) is 45.1 Å². The summed E-state index contributed by atoms with van der Waals surface area (Å²) in [6.45, 7) is 6.15. The molecule has 2 aliphatic heterocycles. The molecule has 0 aromatic heterocycles. The summed E-state index contributed by atoms with van der Waals surface area (Å²) < 4.78 is 5.56. The fourth-order valence-electron chi connectivity index (χ4n) is 2.79. The van der Waals surface area contributed by atoms with Crippen LogP contribution in [-0.2, 0) is 4.74 Å². The lowest BCUT2D eigenvalue weighted by Gasteiger charge is -2.39. The van der Waals surface area contributed by atoms with E-state index in [0.29, 0.717) is 23.9 Å². The summed E-state index contributed by atoms with van der Waals surface area (Å²) in [6, 6.07) is 0.836. The first-order chi connectivity index (χ1) is 7.74. The molecule has 0 aromatic rings. The van der Waals surface area contributed by atoms with Crippen LogP contribution in [0.3, 0.4) is 0 Å². The molecule has 1 N–H and O–H groups in total. The van der Waals surface area contributed by atoms with Crippen LogP contribution in [0.4, 0.5) is 0 Å². The van der Waals surface area contributed by atoms with E-state index in [9.17, 15) is 5.11 Å². The largest absolute Gasteiger partial charge is 0.396 e. The minimum absolute atomic E-state index is 0.274. The molecule has 0 bridgehead atoms. The van der Waals surface area contributed by atoms with Gasteiger partial charge in [0.1, 0.15) is 0 Å². The summed E-state index contributed by atoms with van der Waals surface area (Å²) >= 11 is 0. The Balaban J connectivity index is 2.04. The van der Waals surface area contributed by atoms with Crippen molar-refractivity contribution in [2.24, 2.45) is 16.9 Å². The SMILES string of the molecule is CC(C)N1N=CCC1C1COCCC1CO. The van der Waals surface area contributed by atoms with Gasteiger partial charge >= 0.3 is 0 Å². The molecule has 16 heavy (non-hydrogen) atoms. The van der Waals surface area contributed by atoms with Gasteiger partial charge in [0.2, 0.25) is 0 Å². The van der Waals surface area contributed by atoms with Gasteiger partial charge < -0.3 is 9.84 Å². The highest BCUT2D eigenvalue weighted by Gasteiger charge is 2.37. The molecule has 0 amide bonds. The summed E-state index contributed by atoms with van der Waals surface area (Å²) in [7, 11) is 0. The van der Waals surface area contributed by atoms with Crippen molar-refractivity contribution < 1.29 is 9.84 Å². The van der Waals surface area contributed by atoms with Gasteiger partial charge in [0.05, 0.1) is 12.6 Å². The van der Waals surface area contributed by atoms with Gasteiger partial charge in [-0.1, -0.05) is 0 Å². The lowest BCUT2D eigenvalue weighted by atomic mass is 9.82. The lowest BCUT2D eigenvalue weighted by Crippen LogP contribution is -2.46. The Morgan fingerprint density at radius 2 is 2.38 bits per heavy atom. The Kier molecular flexibility index (Phi) is 3.82. The van der Waals surface area contributed by atoms with Gasteiger partial charge in [0.15, 0.2) is 0 Å². The molecule has 0 radical (unpaired) electrons. The number of nitrogens with zero attached hydrogens (tertiary/aromatic N) is 2. The smallest absolute Gasteiger partial charge is 0.0577 e. The Labute approximate surface area is 97.3 Å². The second-order valence-electron chi connectivity index (χ2n) is 5.04. The predicted octanol–water partition coefficient (Wildman–Crippen LogP) is 1.10. The van der Waals surface area contributed by atoms with Gasteiger partial charge in [-0.15, -0.1) is 0 Å². The number of aliphatic hydroxyl groups excluding tert-OH is 1. The number of rotatable bonds is 3. The van der Waals surface area contributed by atoms with Gasteiger partial charge in [0.25, 0.3) is 0 Å². The molecule has 3 unspecified atom stereocenters. The average molecular weight is 226 g/mol. The van der Waals surface area contributed by atoms with Gasteiger partial charge in [0, 0.05) is 37.8 Å². The van der Waals surface area contributed by atoms with Crippen molar-refractivity contribution >= 4 is 6.21 Å². The fourth-order valence-corrected chi connectivity index (χ4v) is 2.79. The standard InChI is InChI=1S/C12H22N2O2/c1-9(2)14-12(3-5-13-14)11-8-16-6-4-10(11)7-15/h5,9-12,15H,3-4,6-8H2,1-2H3. The van der Waals surface area contributed by atoms with Gasteiger partial charge in [-0.05, 0) is 26.2 Å². The molecule has 2 heterocycles. The zero-order valence-corrected chi connectivity index (χ0v) is 10.2. The van der Waals surface area contributed by atoms with E-state index in [1.54, 1.807) is 0 Å². The number of hydrazone groups is 1. The van der Waals surface area contributed by atoms with Crippen molar-refractivity contribution in [2.75, 3.05) is 19.8 Å². The molecule has 92 valence electrons. The number of ether oxygens (including phenoxy) is 1. The zero-order chi connectivity index (χ0) is 11.5. The molecule has 0 aromatic carbocycles. The number of hydrogen-bond donors (Lipinski definition) is 1. The predicted molar refractivity (Wildman–Crippen MR) is 63.4 cm³/mol. The molecule has 4 nitrogen and oxygen atoms in total. The van der Waals surface area contributed by atoms with E-state index in [1.165, 1.54) is 0 Å². The maximum Gasteiger partial charge on any atom is 0.0577 e. The van der Waals surface area contributed by atoms with Crippen molar-refractivity contribution in [1.82, 2.24) is 5.01 Å². The molecule has 1 saturated heterocycles. The van der Waals surface area contributed by atoms with Crippen LogP contribution in [0.5, 0.6) is 0 Å². The third-order valence-corrected chi connectivity index (χ3v) is 3.71. The van der Waals surface area contributed by atoms with Crippen molar-refractivity contribution in [3.63, 3.8) is 0 Å². The highest BCUT2D eigenvalue weighted by atomic mass is 16.5. The molecule has 2 rings (SSSR count). The van der Waals surface area contributed by atoms with E-state index in [4.69, 9.17) is 4.74 Å². The van der Waals surface area contributed by atoms with Crippen LogP contribution >= 0.6 is 0 Å². The van der Waals surface area contributed by atoms with Crippen LogP contribution in [0.1, 0.15) is 26.7 Å². The molecule has 0 aliphatic carbocycles. The van der Waals surface area contributed by atoms with Crippen LogP contribution in [0.15, 0.2) is 5.10 Å². The zero-order valence-electron chi connectivity index (χ0n) is 10.2. The fraction of sp³-hybridized carbons (Fsp3) is 0.917. The first-order valence-corrected chi connectivity index (χ1v) is 6.23. The molecule has 0 saturated carbocycles. The summed E-state index contributed by atoms with van der Waals surface area (Å²) in [6.07, 6.45) is 3.96. The maximum absolute atomic E-state index is 9.43. The highest BCUT2D eigenvalue weighted by Crippen LogP contribution is 2.31. The number of aliphatic hydroxyl groups is 1. The molecule has 0 spiro atoms. The van der Waals surface area contributed by atoms with Crippen LogP contribution in [0.2, 0.25) is 0 Å². The first kappa shape index (κ1) is 11.9. The van der Waals surface area contributed by atoms with Gasteiger partial charge in [-0.2, -0.15) is 5.10 Å². The van der Waals surface area contributed by atoms with Crippen molar-refractivity contribution in [1.29, 1.82) is 0 Å². The van der Waals surface area contributed by atoms with E-state index in [-0.39, 0.29) is 6.61 Å². The Morgan fingerprint density at radius 1 is 1.56 bits per heavy atom. The van der Waals surface area contributed by atoms with E-state index in [2.05, 4.69) is 24.0 Å². The van der Waals surface area contributed by atoms with E-state index < -0.39 is 0 Å². The van der Waals surface area contributed by atoms with Crippen LogP contribution in [0.25, 0.3) is 0 Å². The Bertz CT molecular complexity index is 255. The second-order valence-corrected chi connectivity index (χ2v) is 5.04. The van der Waals surface area contributed by atoms with Gasteiger partial charge in [-0.25, -0.2) is 0 Å². The highest BCUT2D eigenvalue weighted by molar-refractivity contribution is 5.60. The quantitative estimate of drug-likeness (QED) is 0.784. The van der Waals surface area contributed by atoms with Crippen LogP contribution in [0, 0.1) is 11.8 Å². The molecule has 2 aliphatic rings. The third kappa shape index (κ3) is 2.23. The lowest BCUT2D eigenvalue weighted by molar-refractivity contribution is -0.0417. The van der Waals surface area contributed by atoms with Crippen LogP contribution in [-0.4, -0.2) is 48.2 Å². The summed E-state index contributed by atoms with van der Waals surface area (Å²) in [4.78, 5) is 0. The Hall–Kier alpha value is -0.610. The molecule has 3 atom stereocenters. The maximum atomic E-state index is 9.43. The van der Waals surface area contributed by atoms with Crippen molar-refractivity contribution in [2.45, 2.75) is 38.8 Å².